The van der Waals surface area contributed by atoms with E-state index in [1.807, 2.05) is 68.4 Å². The summed E-state index contributed by atoms with van der Waals surface area (Å²) in [6.45, 7) is 6.70. The first kappa shape index (κ1) is 15.3. The fraction of sp³-hybridized carbons (Fsp3) is 0.316. The van der Waals surface area contributed by atoms with Gasteiger partial charge in [0.05, 0.1) is 12.0 Å². The van der Waals surface area contributed by atoms with Gasteiger partial charge in [-0.15, -0.1) is 0 Å². The maximum atomic E-state index is 12.8. The summed E-state index contributed by atoms with van der Waals surface area (Å²) in [5, 5.41) is 0. The van der Waals surface area contributed by atoms with Crippen LogP contribution in [0.4, 0.5) is 0 Å². The second-order valence-electron chi connectivity index (χ2n) is 5.69. The van der Waals surface area contributed by atoms with E-state index in [1.54, 1.807) is 0 Å². The molecule has 2 aromatic carbocycles. The van der Waals surface area contributed by atoms with Crippen LogP contribution in [-0.4, -0.2) is 12.4 Å². The number of Topliss-reactive ketones (excluding diaryl/α,β-unsaturated/α-hetero) is 1. The van der Waals surface area contributed by atoms with E-state index in [2.05, 4.69) is 6.92 Å². The molecule has 110 valence electrons. The quantitative estimate of drug-likeness (QED) is 0.722. The van der Waals surface area contributed by atoms with Crippen LogP contribution in [0.15, 0.2) is 54.6 Å². The molecule has 0 fully saturated rings. The molecule has 2 rings (SSSR count). The summed E-state index contributed by atoms with van der Waals surface area (Å²) in [7, 11) is 0. The fourth-order valence-corrected chi connectivity index (χ4v) is 2.27. The van der Waals surface area contributed by atoms with E-state index in [-0.39, 0.29) is 5.78 Å². The number of rotatable bonds is 6. The number of benzene rings is 2. The van der Waals surface area contributed by atoms with Crippen molar-refractivity contribution < 1.29 is 9.53 Å². The molecule has 2 aromatic rings. The molecule has 0 aliphatic rings. The fourth-order valence-electron chi connectivity index (χ4n) is 2.27. The molecule has 0 saturated carbocycles. The van der Waals surface area contributed by atoms with Gasteiger partial charge in [0.2, 0.25) is 0 Å². The minimum atomic E-state index is -0.535. The minimum Gasteiger partial charge on any atom is -0.494 e. The Morgan fingerprint density at radius 1 is 1.00 bits per heavy atom. The lowest BCUT2D eigenvalue weighted by Crippen LogP contribution is -2.29. The van der Waals surface area contributed by atoms with Crippen LogP contribution in [0.25, 0.3) is 0 Å². The van der Waals surface area contributed by atoms with Crippen LogP contribution in [0.1, 0.15) is 43.1 Å². The van der Waals surface area contributed by atoms with Gasteiger partial charge in [-0.05, 0) is 50.1 Å². The Labute approximate surface area is 126 Å². The van der Waals surface area contributed by atoms with Crippen molar-refractivity contribution in [3.63, 3.8) is 0 Å². The lowest BCUT2D eigenvalue weighted by molar-refractivity contribution is 0.0908. The van der Waals surface area contributed by atoms with Gasteiger partial charge in [0.15, 0.2) is 5.78 Å². The molecule has 0 aliphatic heterocycles. The van der Waals surface area contributed by atoms with E-state index in [1.165, 1.54) is 0 Å². The molecule has 0 unspecified atom stereocenters. The van der Waals surface area contributed by atoms with E-state index >= 15 is 0 Å². The number of carbonyl (C=O) groups is 1. The van der Waals surface area contributed by atoms with Gasteiger partial charge in [-0.25, -0.2) is 0 Å². The summed E-state index contributed by atoms with van der Waals surface area (Å²) in [5.41, 5.74) is 1.21. The molecule has 0 aromatic heterocycles. The lowest BCUT2D eigenvalue weighted by Gasteiger charge is -2.23. The highest BCUT2D eigenvalue weighted by Crippen LogP contribution is 2.28. The highest BCUT2D eigenvalue weighted by atomic mass is 16.5. The molecule has 0 spiro atoms. The van der Waals surface area contributed by atoms with Crippen LogP contribution in [-0.2, 0) is 5.41 Å². The topological polar surface area (TPSA) is 26.3 Å². The van der Waals surface area contributed by atoms with Crippen LogP contribution >= 0.6 is 0 Å². The highest BCUT2D eigenvalue weighted by Gasteiger charge is 2.30. The predicted octanol–water partition coefficient (Wildman–Crippen LogP) is 4.64. The first-order chi connectivity index (χ1) is 10.1. The van der Waals surface area contributed by atoms with Gasteiger partial charge in [-0.3, -0.25) is 4.79 Å². The summed E-state index contributed by atoms with van der Waals surface area (Å²) in [4.78, 5) is 12.8. The molecular formula is C19H22O2. The third-order valence-electron chi connectivity index (χ3n) is 3.65. The smallest absolute Gasteiger partial charge is 0.172 e. The molecule has 0 atom stereocenters. The molecule has 2 nitrogen and oxygen atoms in total. The zero-order chi connectivity index (χ0) is 15.3. The minimum absolute atomic E-state index is 0.121. The van der Waals surface area contributed by atoms with Crippen molar-refractivity contribution in [2.45, 2.75) is 32.6 Å². The van der Waals surface area contributed by atoms with Gasteiger partial charge in [-0.2, -0.15) is 0 Å². The highest BCUT2D eigenvalue weighted by molar-refractivity contribution is 6.03. The number of ether oxygens (including phenoxy) is 1. The van der Waals surface area contributed by atoms with E-state index in [9.17, 15) is 4.79 Å². The monoisotopic (exact) mass is 282 g/mol. The summed E-state index contributed by atoms with van der Waals surface area (Å²) >= 11 is 0. The van der Waals surface area contributed by atoms with Crippen LogP contribution in [0.3, 0.4) is 0 Å². The third kappa shape index (κ3) is 3.52. The van der Waals surface area contributed by atoms with E-state index in [0.717, 1.165) is 17.7 Å². The summed E-state index contributed by atoms with van der Waals surface area (Å²) < 4.78 is 5.55. The number of hydrogen-bond donors (Lipinski definition) is 0. The molecule has 0 amide bonds. The Balaban J connectivity index is 2.19. The molecule has 2 heteroatoms. The largest absolute Gasteiger partial charge is 0.494 e. The first-order valence-electron chi connectivity index (χ1n) is 7.39. The predicted molar refractivity (Wildman–Crippen MR) is 86.0 cm³/mol. The van der Waals surface area contributed by atoms with Gasteiger partial charge >= 0.3 is 0 Å². The zero-order valence-corrected chi connectivity index (χ0v) is 12.9. The summed E-state index contributed by atoms with van der Waals surface area (Å²) in [5.74, 6) is 0.932. The Hall–Kier alpha value is -2.09. The Kier molecular flexibility index (Phi) is 4.79. The van der Waals surface area contributed by atoms with Crippen molar-refractivity contribution in [3.05, 3.63) is 65.7 Å². The maximum Gasteiger partial charge on any atom is 0.172 e. The third-order valence-corrected chi connectivity index (χ3v) is 3.65. The molecule has 0 radical (unpaired) electrons. The Morgan fingerprint density at radius 2 is 1.62 bits per heavy atom. The average molecular weight is 282 g/mol. The Bertz CT molecular complexity index is 583. The molecule has 0 heterocycles. The van der Waals surface area contributed by atoms with Gasteiger partial charge in [-0.1, -0.05) is 37.3 Å². The molecule has 0 bridgehead atoms. The van der Waals surface area contributed by atoms with E-state index in [0.29, 0.717) is 12.2 Å². The second-order valence-corrected chi connectivity index (χ2v) is 5.69. The Morgan fingerprint density at radius 3 is 2.19 bits per heavy atom. The molecule has 21 heavy (non-hydrogen) atoms. The van der Waals surface area contributed by atoms with Crippen molar-refractivity contribution in [1.82, 2.24) is 0 Å². The van der Waals surface area contributed by atoms with E-state index < -0.39 is 5.41 Å². The van der Waals surface area contributed by atoms with Crippen LogP contribution in [0.5, 0.6) is 5.75 Å². The van der Waals surface area contributed by atoms with Crippen molar-refractivity contribution in [3.8, 4) is 5.75 Å². The number of carbonyl (C=O) groups excluding carboxylic acids is 1. The van der Waals surface area contributed by atoms with Crippen molar-refractivity contribution >= 4 is 5.78 Å². The average Bonchev–Trinajstić information content (AvgIpc) is 2.53. The molecular weight excluding hydrogens is 260 g/mol. The van der Waals surface area contributed by atoms with Gasteiger partial charge in [0, 0.05) is 5.56 Å². The standard InChI is InChI=1S/C19H22O2/c1-4-14-21-17-12-10-15(11-13-17)18(20)19(2,3)16-8-6-5-7-9-16/h5-13H,4,14H2,1-3H3. The zero-order valence-electron chi connectivity index (χ0n) is 12.9. The van der Waals surface area contributed by atoms with Gasteiger partial charge in [0.25, 0.3) is 0 Å². The van der Waals surface area contributed by atoms with E-state index in [4.69, 9.17) is 4.74 Å². The van der Waals surface area contributed by atoms with Gasteiger partial charge in [0.1, 0.15) is 5.75 Å². The van der Waals surface area contributed by atoms with Crippen LogP contribution < -0.4 is 4.74 Å². The first-order valence-corrected chi connectivity index (χ1v) is 7.39. The van der Waals surface area contributed by atoms with Crippen molar-refractivity contribution in [1.29, 1.82) is 0 Å². The molecule has 0 N–H and O–H groups in total. The SMILES string of the molecule is CCCOc1ccc(C(=O)C(C)(C)c2ccccc2)cc1. The van der Waals surface area contributed by atoms with Crippen molar-refractivity contribution in [2.24, 2.45) is 0 Å². The second kappa shape index (κ2) is 6.57. The summed E-state index contributed by atoms with van der Waals surface area (Å²) in [6.07, 6.45) is 0.974. The number of ketones is 1. The normalized spacial score (nSPS) is 11.2. The number of hydrogen-bond acceptors (Lipinski definition) is 2. The lowest BCUT2D eigenvalue weighted by atomic mass is 9.78. The molecule has 0 saturated heterocycles. The summed E-state index contributed by atoms with van der Waals surface area (Å²) in [6, 6.07) is 17.3. The van der Waals surface area contributed by atoms with Crippen LogP contribution in [0, 0.1) is 0 Å². The molecule has 0 aliphatic carbocycles. The van der Waals surface area contributed by atoms with Crippen LogP contribution in [0.2, 0.25) is 0 Å². The van der Waals surface area contributed by atoms with Gasteiger partial charge < -0.3 is 4.74 Å². The maximum absolute atomic E-state index is 12.8. The van der Waals surface area contributed by atoms with Crippen molar-refractivity contribution in [2.75, 3.05) is 6.61 Å².